The Morgan fingerprint density at radius 3 is 0.793 bits per heavy atom. The molecule has 6 aromatic rings. The number of Topliss-reactive ketones (excluding diaryl/α,β-unsaturated/α-hetero) is 2. The summed E-state index contributed by atoms with van der Waals surface area (Å²) in [7, 11) is 0.500. The monoisotopic (exact) mass is 788 g/mol. The van der Waals surface area contributed by atoms with Gasteiger partial charge in [0.25, 0.3) is 0 Å². The van der Waals surface area contributed by atoms with E-state index >= 15 is 0 Å². The summed E-state index contributed by atoms with van der Waals surface area (Å²) in [5.41, 5.74) is 7.15. The molecule has 0 radical (unpaired) electrons. The lowest BCUT2D eigenvalue weighted by molar-refractivity contribution is 0.0980. The van der Waals surface area contributed by atoms with Crippen LogP contribution in [-0.2, 0) is 25.7 Å². The lowest BCUT2D eigenvalue weighted by Gasteiger charge is -1.93. The molecule has 0 aliphatic heterocycles. The first-order valence-electron chi connectivity index (χ1n) is 21.0. The van der Waals surface area contributed by atoms with Crippen molar-refractivity contribution in [1.29, 1.82) is 0 Å². The van der Waals surface area contributed by atoms with Crippen LogP contribution in [0.3, 0.4) is 0 Å². The third kappa shape index (κ3) is 31.7. The second-order valence-corrected chi connectivity index (χ2v) is 11.5. The zero-order chi connectivity index (χ0) is 44.1. The van der Waals surface area contributed by atoms with Gasteiger partial charge in [0.05, 0.1) is 7.18 Å². The van der Waals surface area contributed by atoms with Gasteiger partial charge in [-0.15, -0.1) is 0 Å². The Kier molecular flexibility index (Phi) is 43.4. The average molecular weight is 788 g/mol. The van der Waals surface area contributed by atoms with Crippen LogP contribution in [0.25, 0.3) is 0 Å². The highest BCUT2D eigenvalue weighted by atomic mass is 19.1. The maximum Gasteiger partial charge on any atom is 0.162 e. The van der Waals surface area contributed by atoms with Gasteiger partial charge in [-0.1, -0.05) is 227 Å². The molecule has 0 unspecified atom stereocenters. The molecule has 1 heterocycles. The number of hydrogen-bond donors (Lipinski definition) is 0. The van der Waals surface area contributed by atoms with Gasteiger partial charge >= 0.3 is 0 Å². The topological polar surface area (TPSA) is 47.0 Å². The van der Waals surface area contributed by atoms with Gasteiger partial charge in [-0.2, -0.15) is 0 Å². The number of rotatable bonds is 8. The number of aromatic nitrogens is 1. The highest BCUT2D eigenvalue weighted by Crippen LogP contribution is 2.03. The molecule has 0 saturated carbocycles. The van der Waals surface area contributed by atoms with E-state index in [1.54, 1.807) is 6.20 Å². The molecule has 6 rings (SSSR count). The number of pyridine rings is 1. The van der Waals surface area contributed by atoms with Crippen molar-refractivity contribution in [2.45, 2.75) is 108 Å². The second-order valence-electron chi connectivity index (χ2n) is 11.5. The van der Waals surface area contributed by atoms with E-state index in [0.717, 1.165) is 36.8 Å². The summed E-state index contributed by atoms with van der Waals surface area (Å²) in [4.78, 5) is 26.0. The van der Waals surface area contributed by atoms with Crippen molar-refractivity contribution < 1.29 is 14.0 Å². The molecule has 0 N–H and O–H groups in total. The van der Waals surface area contributed by atoms with E-state index in [1.807, 2.05) is 133 Å². The quantitative estimate of drug-likeness (QED) is 0.144. The molecule has 58 heavy (non-hydrogen) atoms. The minimum Gasteiger partial charge on any atom is -0.294 e. The van der Waals surface area contributed by atoms with Gasteiger partial charge in [0, 0.05) is 36.4 Å². The predicted molar refractivity (Wildman–Crippen MR) is 253 cm³/mol. The van der Waals surface area contributed by atoms with Gasteiger partial charge in [-0.05, 0) is 54.0 Å². The lowest BCUT2D eigenvalue weighted by atomic mass is 10.1. The van der Waals surface area contributed by atoms with E-state index in [0.29, 0.717) is 20.0 Å². The summed E-state index contributed by atoms with van der Waals surface area (Å²) in [6, 6.07) is 54.1. The molecule has 0 aliphatic rings. The maximum atomic E-state index is 11.0. The second kappa shape index (κ2) is 44.2. The molecular weight excluding hydrogens is 714 g/mol. The summed E-state index contributed by atoms with van der Waals surface area (Å²) in [6.45, 7) is 20.3. The number of carbonyl (C=O) groups excluding carboxylic acids is 2. The molecule has 3 nitrogen and oxygen atoms in total. The van der Waals surface area contributed by atoms with Gasteiger partial charge < -0.3 is 0 Å². The Morgan fingerprint density at radius 1 is 0.379 bits per heavy atom. The number of aryl methyl sites for hydroxylation is 4. The Morgan fingerprint density at radius 2 is 0.621 bits per heavy atom. The fraction of sp³-hybridized carbons (Fsp3) is 0.315. The molecule has 4 heteroatoms. The first-order chi connectivity index (χ1) is 28.4. The van der Waals surface area contributed by atoms with Gasteiger partial charge in [-0.25, -0.2) is 0 Å². The largest absolute Gasteiger partial charge is 0.294 e. The summed E-state index contributed by atoms with van der Waals surface area (Å²) in [5.74, 6) is 0.418. The van der Waals surface area contributed by atoms with Crippen LogP contribution in [0.1, 0.15) is 125 Å². The van der Waals surface area contributed by atoms with Crippen LogP contribution in [0.5, 0.6) is 0 Å². The smallest absolute Gasteiger partial charge is 0.162 e. The number of halogens is 1. The molecule has 0 amide bonds. The number of carbonyl (C=O) groups is 2. The van der Waals surface area contributed by atoms with E-state index < -0.39 is 0 Å². The fourth-order valence-electron chi connectivity index (χ4n) is 4.40. The zero-order valence-electron chi connectivity index (χ0n) is 37.6. The molecule has 5 aromatic carbocycles. The van der Waals surface area contributed by atoms with Crippen LogP contribution in [0, 0.1) is 0 Å². The van der Waals surface area contributed by atoms with Crippen molar-refractivity contribution in [3.8, 4) is 0 Å². The molecule has 1 aromatic heterocycles. The average Bonchev–Trinajstić information content (AvgIpc) is 3.35. The van der Waals surface area contributed by atoms with Crippen LogP contribution in [-0.4, -0.2) is 23.7 Å². The van der Waals surface area contributed by atoms with Crippen LogP contribution in [0.4, 0.5) is 4.39 Å². The van der Waals surface area contributed by atoms with Crippen LogP contribution < -0.4 is 0 Å². The molecule has 0 fully saturated rings. The number of ketones is 2. The van der Waals surface area contributed by atoms with Crippen molar-refractivity contribution in [3.05, 3.63) is 210 Å². The van der Waals surface area contributed by atoms with Gasteiger partial charge in [0.2, 0.25) is 0 Å². The Bertz CT molecular complexity index is 1470. The third-order valence-corrected chi connectivity index (χ3v) is 7.72. The summed E-state index contributed by atoms with van der Waals surface area (Å²) >= 11 is 0. The SMILES string of the molecule is CC.CC.CCC(=O)c1ccccc1.CCC(=O)c1ccccc1.CCc1ccccc1.CCc1ccccc1.CCc1ccccc1.CCc1cccnc1.CF. The molecule has 314 valence electrons. The van der Waals surface area contributed by atoms with E-state index in [4.69, 9.17) is 0 Å². The minimum absolute atomic E-state index is 0.209. The van der Waals surface area contributed by atoms with Crippen molar-refractivity contribution in [1.82, 2.24) is 4.98 Å². The van der Waals surface area contributed by atoms with Gasteiger partial charge in [0.1, 0.15) is 0 Å². The van der Waals surface area contributed by atoms with Crippen molar-refractivity contribution in [2.24, 2.45) is 0 Å². The molecule has 0 aliphatic carbocycles. The fourth-order valence-corrected chi connectivity index (χ4v) is 4.40. The normalized spacial score (nSPS) is 8.55. The van der Waals surface area contributed by atoms with Crippen molar-refractivity contribution >= 4 is 11.6 Å². The van der Waals surface area contributed by atoms with Gasteiger partial charge in [0.15, 0.2) is 11.6 Å². The first kappa shape index (κ1) is 56.8. The molecule has 0 spiro atoms. The van der Waals surface area contributed by atoms with Crippen LogP contribution in [0.15, 0.2) is 176 Å². The number of benzene rings is 5. The third-order valence-electron chi connectivity index (χ3n) is 7.72. The highest BCUT2D eigenvalue weighted by molar-refractivity contribution is 5.96. The van der Waals surface area contributed by atoms with E-state index in [-0.39, 0.29) is 11.6 Å². The Hall–Kier alpha value is -5.48. The minimum atomic E-state index is 0.209. The molecule has 0 bridgehead atoms. The van der Waals surface area contributed by atoms with E-state index in [2.05, 4.69) is 112 Å². The lowest BCUT2D eigenvalue weighted by Crippen LogP contribution is -1.94. The zero-order valence-corrected chi connectivity index (χ0v) is 37.6. The number of hydrogen-bond acceptors (Lipinski definition) is 3. The molecule has 0 saturated heterocycles. The van der Waals surface area contributed by atoms with Gasteiger partial charge in [-0.3, -0.25) is 19.0 Å². The van der Waals surface area contributed by atoms with Crippen molar-refractivity contribution in [2.75, 3.05) is 7.18 Å². The highest BCUT2D eigenvalue weighted by Gasteiger charge is 1.99. The van der Waals surface area contributed by atoms with Crippen molar-refractivity contribution in [3.63, 3.8) is 0 Å². The maximum absolute atomic E-state index is 11.0. The molecular formula is C54H74FNO2. The standard InChI is InChI=1S/2C9H10O.3C8H10.C7H9N.2C2H6.CH3F/c2*1-2-9(10)8-6-4-3-5-7-8;3*1-2-8-6-4-3-5-7-8;1-2-7-4-3-5-8-6-7;3*1-2/h2*3-7H,2H2,1H3;3*3-7H,2H2,1H3;3-6H,2H2,1H3;2*1-2H3;1H3. The molecule has 0 atom stereocenters. The predicted octanol–water partition coefficient (Wildman–Crippen LogP) is 15.6. The van der Waals surface area contributed by atoms with Crippen LogP contribution in [0.2, 0.25) is 0 Å². The summed E-state index contributed by atoms with van der Waals surface area (Å²) < 4.78 is 9.50. The Balaban J connectivity index is -0.000000611. The number of alkyl halides is 1. The Labute approximate surface area is 353 Å². The van der Waals surface area contributed by atoms with E-state index in [9.17, 15) is 14.0 Å². The number of nitrogens with zero attached hydrogens (tertiary/aromatic N) is 1. The van der Waals surface area contributed by atoms with E-state index in [1.165, 1.54) is 22.3 Å². The van der Waals surface area contributed by atoms with Crippen LogP contribution >= 0.6 is 0 Å². The summed E-state index contributed by atoms with van der Waals surface area (Å²) in [5, 5.41) is 0. The summed E-state index contributed by atoms with van der Waals surface area (Å²) in [6.07, 6.45) is 9.35. The first-order valence-corrected chi connectivity index (χ1v) is 21.0.